The van der Waals surface area contributed by atoms with E-state index >= 15 is 0 Å². The van der Waals surface area contributed by atoms with Crippen molar-refractivity contribution in [3.63, 3.8) is 0 Å². The number of piperidine rings is 1. The number of benzene rings is 1. The van der Waals surface area contributed by atoms with Crippen LogP contribution >= 0.6 is 0 Å². The van der Waals surface area contributed by atoms with Crippen LogP contribution in [0.15, 0.2) is 23.1 Å². The number of methoxy groups -OCH3 is 1. The maximum absolute atomic E-state index is 12.8. The van der Waals surface area contributed by atoms with Gasteiger partial charge in [0, 0.05) is 24.8 Å². The Morgan fingerprint density at radius 1 is 1.04 bits per heavy atom. The minimum absolute atomic E-state index is 0.0510. The standard InChI is InChI=1S/C20H28N4O3S/c1-14-11-18(15(2)10-17(14)27-4)28(25,26)21-13-19-22-16(3)12-20(23-19)24-8-6-5-7-9-24/h10-12,21H,5-9,13H2,1-4H3. The Labute approximate surface area is 167 Å². The van der Waals surface area contributed by atoms with E-state index in [0.717, 1.165) is 43.0 Å². The summed E-state index contributed by atoms with van der Waals surface area (Å²) in [5, 5.41) is 0. The van der Waals surface area contributed by atoms with E-state index in [1.165, 1.54) is 6.42 Å². The van der Waals surface area contributed by atoms with Crippen molar-refractivity contribution < 1.29 is 13.2 Å². The van der Waals surface area contributed by atoms with Crippen molar-refractivity contribution in [2.45, 2.75) is 51.5 Å². The third-order valence-electron chi connectivity index (χ3n) is 4.97. The first kappa shape index (κ1) is 20.5. The quantitative estimate of drug-likeness (QED) is 0.797. The Balaban J connectivity index is 1.79. The number of nitrogens with one attached hydrogen (secondary N) is 1. The summed E-state index contributed by atoms with van der Waals surface area (Å²) in [6.07, 6.45) is 3.55. The highest BCUT2D eigenvalue weighted by molar-refractivity contribution is 7.89. The summed E-state index contributed by atoms with van der Waals surface area (Å²) in [5.74, 6) is 2.02. The van der Waals surface area contributed by atoms with Crippen molar-refractivity contribution >= 4 is 15.8 Å². The van der Waals surface area contributed by atoms with Gasteiger partial charge in [-0.3, -0.25) is 0 Å². The van der Waals surface area contributed by atoms with Crippen molar-refractivity contribution in [2.75, 3.05) is 25.1 Å². The molecular formula is C20H28N4O3S. The maximum atomic E-state index is 12.8. The molecule has 2 heterocycles. The number of rotatable bonds is 6. The zero-order chi connectivity index (χ0) is 20.3. The molecule has 0 atom stereocenters. The zero-order valence-electron chi connectivity index (χ0n) is 16.9. The molecule has 7 nitrogen and oxygen atoms in total. The van der Waals surface area contributed by atoms with Crippen LogP contribution in [0.25, 0.3) is 0 Å². The first-order valence-corrected chi connectivity index (χ1v) is 11.0. The lowest BCUT2D eigenvalue weighted by Crippen LogP contribution is -2.31. The predicted molar refractivity (Wildman–Crippen MR) is 109 cm³/mol. The van der Waals surface area contributed by atoms with Crippen molar-refractivity contribution in [2.24, 2.45) is 0 Å². The van der Waals surface area contributed by atoms with Gasteiger partial charge in [-0.25, -0.2) is 23.1 Å². The number of nitrogens with zero attached hydrogens (tertiary/aromatic N) is 3. The van der Waals surface area contributed by atoms with Gasteiger partial charge >= 0.3 is 0 Å². The zero-order valence-corrected chi connectivity index (χ0v) is 17.8. The number of sulfonamides is 1. The highest BCUT2D eigenvalue weighted by atomic mass is 32.2. The average molecular weight is 405 g/mol. The molecule has 0 unspecified atom stereocenters. The first-order valence-electron chi connectivity index (χ1n) is 9.54. The Hall–Kier alpha value is -2.19. The number of aromatic nitrogens is 2. The predicted octanol–water partition coefficient (Wildman–Crippen LogP) is 2.88. The molecule has 0 bridgehead atoms. The molecule has 1 aromatic heterocycles. The van der Waals surface area contributed by atoms with E-state index in [-0.39, 0.29) is 11.4 Å². The Morgan fingerprint density at radius 3 is 2.43 bits per heavy atom. The monoisotopic (exact) mass is 404 g/mol. The highest BCUT2D eigenvalue weighted by Gasteiger charge is 2.20. The van der Waals surface area contributed by atoms with Crippen LogP contribution < -0.4 is 14.4 Å². The molecule has 28 heavy (non-hydrogen) atoms. The van der Waals surface area contributed by atoms with Gasteiger partial charge in [-0.05, 0) is 63.3 Å². The normalized spacial score (nSPS) is 14.9. The minimum Gasteiger partial charge on any atom is -0.496 e. The van der Waals surface area contributed by atoms with Crippen molar-refractivity contribution in [3.8, 4) is 5.75 Å². The van der Waals surface area contributed by atoms with Crippen LogP contribution in [0.3, 0.4) is 0 Å². The molecule has 1 fully saturated rings. The molecule has 152 valence electrons. The van der Waals surface area contributed by atoms with Crippen LogP contribution in [0.2, 0.25) is 0 Å². The van der Waals surface area contributed by atoms with Crippen LogP contribution in [0.1, 0.15) is 41.9 Å². The van der Waals surface area contributed by atoms with Gasteiger partial charge in [-0.2, -0.15) is 0 Å². The van der Waals surface area contributed by atoms with Crippen LogP contribution in [0.5, 0.6) is 5.75 Å². The smallest absolute Gasteiger partial charge is 0.241 e. The summed E-state index contributed by atoms with van der Waals surface area (Å²) in [7, 11) is -2.11. The maximum Gasteiger partial charge on any atom is 0.241 e. The SMILES string of the molecule is COc1cc(C)c(S(=O)(=O)NCc2nc(C)cc(N3CCCCC3)n2)cc1C. The summed E-state index contributed by atoms with van der Waals surface area (Å²) in [6.45, 7) is 7.50. The molecule has 0 amide bonds. The van der Waals surface area contributed by atoms with E-state index in [2.05, 4.69) is 19.6 Å². The van der Waals surface area contributed by atoms with E-state index in [4.69, 9.17) is 4.74 Å². The van der Waals surface area contributed by atoms with Gasteiger partial charge in [0.25, 0.3) is 0 Å². The summed E-state index contributed by atoms with van der Waals surface area (Å²) < 4.78 is 33.6. The molecule has 1 saturated heterocycles. The van der Waals surface area contributed by atoms with E-state index in [0.29, 0.717) is 17.1 Å². The number of hydrogen-bond donors (Lipinski definition) is 1. The number of aryl methyl sites for hydroxylation is 3. The van der Waals surface area contributed by atoms with Gasteiger partial charge in [-0.15, -0.1) is 0 Å². The molecule has 3 rings (SSSR count). The average Bonchev–Trinajstić information content (AvgIpc) is 2.68. The van der Waals surface area contributed by atoms with Crippen molar-refractivity contribution in [1.82, 2.24) is 14.7 Å². The van der Waals surface area contributed by atoms with Gasteiger partial charge in [0.2, 0.25) is 10.0 Å². The van der Waals surface area contributed by atoms with E-state index in [1.807, 2.05) is 19.9 Å². The fraction of sp³-hybridized carbons (Fsp3) is 0.500. The fourth-order valence-corrected chi connectivity index (χ4v) is 4.78. The van der Waals surface area contributed by atoms with Gasteiger partial charge in [0.05, 0.1) is 18.6 Å². The lowest BCUT2D eigenvalue weighted by Gasteiger charge is -2.28. The highest BCUT2D eigenvalue weighted by Crippen LogP contribution is 2.25. The number of hydrogen-bond acceptors (Lipinski definition) is 6. The third-order valence-corrected chi connectivity index (χ3v) is 6.51. The summed E-state index contributed by atoms with van der Waals surface area (Å²) in [6, 6.07) is 5.33. The van der Waals surface area contributed by atoms with Gasteiger partial charge in [0.15, 0.2) is 0 Å². The van der Waals surface area contributed by atoms with Gasteiger partial charge in [-0.1, -0.05) is 0 Å². The molecule has 1 N–H and O–H groups in total. The van der Waals surface area contributed by atoms with Gasteiger partial charge < -0.3 is 9.64 Å². The molecular weight excluding hydrogens is 376 g/mol. The van der Waals surface area contributed by atoms with Crippen LogP contribution in [-0.4, -0.2) is 38.6 Å². The van der Waals surface area contributed by atoms with Crippen molar-refractivity contribution in [1.29, 1.82) is 0 Å². The van der Waals surface area contributed by atoms with Gasteiger partial charge in [0.1, 0.15) is 17.4 Å². The number of ether oxygens (including phenoxy) is 1. The Kier molecular flexibility index (Phi) is 6.20. The molecule has 0 aliphatic carbocycles. The van der Waals surface area contributed by atoms with Crippen LogP contribution in [0.4, 0.5) is 5.82 Å². The van der Waals surface area contributed by atoms with Crippen LogP contribution in [-0.2, 0) is 16.6 Å². The number of anilines is 1. The molecule has 0 spiro atoms. The molecule has 8 heteroatoms. The molecule has 0 saturated carbocycles. The largest absolute Gasteiger partial charge is 0.496 e. The molecule has 1 aliphatic rings. The molecule has 2 aromatic rings. The summed E-state index contributed by atoms with van der Waals surface area (Å²) in [4.78, 5) is 11.5. The van der Waals surface area contributed by atoms with Crippen molar-refractivity contribution in [3.05, 3.63) is 40.8 Å². The minimum atomic E-state index is -3.69. The topological polar surface area (TPSA) is 84.4 Å². The molecule has 0 radical (unpaired) electrons. The molecule has 1 aliphatic heterocycles. The molecule has 1 aromatic carbocycles. The summed E-state index contributed by atoms with van der Waals surface area (Å²) >= 11 is 0. The Bertz CT molecular complexity index is 954. The summed E-state index contributed by atoms with van der Waals surface area (Å²) in [5.41, 5.74) is 2.24. The van der Waals surface area contributed by atoms with E-state index in [1.54, 1.807) is 26.2 Å². The van der Waals surface area contributed by atoms with Crippen LogP contribution in [0, 0.1) is 20.8 Å². The second-order valence-electron chi connectivity index (χ2n) is 7.24. The lowest BCUT2D eigenvalue weighted by molar-refractivity contribution is 0.411. The third kappa shape index (κ3) is 4.62. The Morgan fingerprint density at radius 2 is 1.75 bits per heavy atom. The second kappa shape index (κ2) is 8.45. The lowest BCUT2D eigenvalue weighted by atomic mass is 10.1. The first-order chi connectivity index (χ1) is 13.3. The van der Waals surface area contributed by atoms with E-state index < -0.39 is 10.0 Å². The van der Waals surface area contributed by atoms with E-state index in [9.17, 15) is 8.42 Å². The fourth-order valence-electron chi connectivity index (χ4n) is 3.49. The second-order valence-corrected chi connectivity index (χ2v) is 8.98.